The summed E-state index contributed by atoms with van der Waals surface area (Å²) < 4.78 is 29.7. The predicted molar refractivity (Wildman–Crippen MR) is 117 cm³/mol. The highest BCUT2D eigenvalue weighted by Crippen LogP contribution is 2.21. The van der Waals surface area contributed by atoms with Gasteiger partial charge in [-0.1, -0.05) is 6.07 Å². The SMILES string of the molecule is CN(C)S(=O)(=O)c1ccc2c(c1)nc(CCC(=O)NCc1cn3ccccc3n1)n2C. The third-order valence-corrected chi connectivity index (χ3v) is 6.99. The average molecular weight is 441 g/mol. The molecule has 3 aromatic heterocycles. The molecule has 0 aliphatic carbocycles. The summed E-state index contributed by atoms with van der Waals surface area (Å²) in [6.45, 7) is 0.356. The lowest BCUT2D eigenvalue weighted by atomic mass is 10.3. The molecule has 0 atom stereocenters. The molecule has 9 nitrogen and oxygen atoms in total. The Labute approximate surface area is 180 Å². The van der Waals surface area contributed by atoms with E-state index in [9.17, 15) is 13.2 Å². The van der Waals surface area contributed by atoms with Gasteiger partial charge >= 0.3 is 0 Å². The fraction of sp³-hybridized carbons (Fsp3) is 0.286. The first-order valence-corrected chi connectivity index (χ1v) is 11.3. The van der Waals surface area contributed by atoms with E-state index >= 15 is 0 Å². The normalized spacial score (nSPS) is 12.1. The fourth-order valence-electron chi connectivity index (χ4n) is 3.40. The zero-order valence-electron chi connectivity index (χ0n) is 17.6. The van der Waals surface area contributed by atoms with E-state index in [0.717, 1.165) is 22.7 Å². The summed E-state index contributed by atoms with van der Waals surface area (Å²) in [5, 5.41) is 2.89. The van der Waals surface area contributed by atoms with Gasteiger partial charge in [-0.15, -0.1) is 0 Å². The maximum Gasteiger partial charge on any atom is 0.242 e. The highest BCUT2D eigenvalue weighted by atomic mass is 32.2. The van der Waals surface area contributed by atoms with E-state index in [-0.39, 0.29) is 17.2 Å². The van der Waals surface area contributed by atoms with Crippen LogP contribution in [0.3, 0.4) is 0 Å². The summed E-state index contributed by atoms with van der Waals surface area (Å²) in [6.07, 6.45) is 4.51. The second-order valence-corrected chi connectivity index (χ2v) is 9.65. The first-order chi connectivity index (χ1) is 14.8. The molecule has 0 saturated carbocycles. The van der Waals surface area contributed by atoms with Crippen LogP contribution < -0.4 is 5.32 Å². The number of imidazole rings is 2. The van der Waals surface area contributed by atoms with Gasteiger partial charge in [0.15, 0.2) is 0 Å². The summed E-state index contributed by atoms with van der Waals surface area (Å²) >= 11 is 0. The number of fused-ring (bicyclic) bond motifs is 2. The highest BCUT2D eigenvalue weighted by molar-refractivity contribution is 7.89. The Morgan fingerprint density at radius 2 is 1.97 bits per heavy atom. The molecule has 0 aliphatic heterocycles. The Hall–Kier alpha value is -3.24. The van der Waals surface area contributed by atoms with Crippen LogP contribution in [0.5, 0.6) is 0 Å². The van der Waals surface area contributed by atoms with Crippen LogP contribution in [0.15, 0.2) is 53.7 Å². The van der Waals surface area contributed by atoms with E-state index < -0.39 is 10.0 Å². The second-order valence-electron chi connectivity index (χ2n) is 7.50. The number of rotatable bonds is 7. The molecule has 4 aromatic rings. The van der Waals surface area contributed by atoms with E-state index in [4.69, 9.17) is 0 Å². The molecule has 0 unspecified atom stereocenters. The van der Waals surface area contributed by atoms with Gasteiger partial charge in [0.05, 0.1) is 28.2 Å². The van der Waals surface area contributed by atoms with Gasteiger partial charge in [0.25, 0.3) is 0 Å². The first kappa shape index (κ1) is 21.0. The number of sulfonamides is 1. The number of amides is 1. The Balaban J connectivity index is 1.42. The smallest absolute Gasteiger partial charge is 0.242 e. The standard InChI is InChI=1S/C21H24N6O3S/c1-25(2)31(29,30)16-7-8-18-17(12-16)24-19(26(18)3)9-10-21(28)22-13-15-14-27-11-5-4-6-20(27)23-15/h4-8,11-12,14H,9-10,13H2,1-3H3,(H,22,28). The minimum Gasteiger partial charge on any atom is -0.350 e. The Morgan fingerprint density at radius 1 is 1.16 bits per heavy atom. The molecule has 0 fully saturated rings. The number of nitrogens with zero attached hydrogens (tertiary/aromatic N) is 5. The lowest BCUT2D eigenvalue weighted by molar-refractivity contribution is -0.121. The van der Waals surface area contributed by atoms with Gasteiger partial charge in [-0.05, 0) is 30.3 Å². The number of benzene rings is 1. The van der Waals surface area contributed by atoms with E-state index in [1.54, 1.807) is 18.2 Å². The third kappa shape index (κ3) is 4.17. The minimum absolute atomic E-state index is 0.0972. The molecule has 31 heavy (non-hydrogen) atoms. The van der Waals surface area contributed by atoms with Crippen LogP contribution in [0.25, 0.3) is 16.7 Å². The molecule has 162 valence electrons. The van der Waals surface area contributed by atoms with E-state index in [1.807, 2.05) is 46.6 Å². The summed E-state index contributed by atoms with van der Waals surface area (Å²) in [4.78, 5) is 21.5. The van der Waals surface area contributed by atoms with Crippen LogP contribution in [0.2, 0.25) is 0 Å². The molecule has 0 radical (unpaired) electrons. The molecule has 1 aromatic carbocycles. The van der Waals surface area contributed by atoms with Crippen LogP contribution in [0, 0.1) is 0 Å². The van der Waals surface area contributed by atoms with E-state index in [0.29, 0.717) is 18.5 Å². The molecule has 1 N–H and O–H groups in total. The van der Waals surface area contributed by atoms with Crippen molar-refractivity contribution in [1.82, 2.24) is 28.6 Å². The van der Waals surface area contributed by atoms with Crippen molar-refractivity contribution in [1.29, 1.82) is 0 Å². The molecular formula is C21H24N6O3S. The van der Waals surface area contributed by atoms with Crippen LogP contribution in [-0.4, -0.2) is 51.7 Å². The summed E-state index contributed by atoms with van der Waals surface area (Å²) in [7, 11) is 1.32. The van der Waals surface area contributed by atoms with Crippen molar-refractivity contribution in [2.45, 2.75) is 24.3 Å². The third-order valence-electron chi connectivity index (χ3n) is 5.18. The molecule has 1 amide bonds. The quantitative estimate of drug-likeness (QED) is 0.472. The van der Waals surface area contributed by atoms with Gasteiger partial charge in [-0.3, -0.25) is 4.79 Å². The van der Waals surface area contributed by atoms with Crippen molar-refractivity contribution >= 4 is 32.6 Å². The maximum atomic E-state index is 12.4. The van der Waals surface area contributed by atoms with Gasteiger partial charge in [0.1, 0.15) is 11.5 Å². The van der Waals surface area contributed by atoms with Crippen LogP contribution in [0.4, 0.5) is 0 Å². The minimum atomic E-state index is -3.53. The fourth-order valence-corrected chi connectivity index (χ4v) is 4.32. The monoisotopic (exact) mass is 440 g/mol. The second kappa shape index (κ2) is 8.12. The number of nitrogens with one attached hydrogen (secondary N) is 1. The van der Waals surface area contributed by atoms with Crippen LogP contribution in [0.1, 0.15) is 17.9 Å². The molecule has 3 heterocycles. The van der Waals surface area contributed by atoms with Crippen molar-refractivity contribution in [3.8, 4) is 0 Å². The molecular weight excluding hydrogens is 416 g/mol. The number of hydrogen-bond acceptors (Lipinski definition) is 5. The van der Waals surface area contributed by atoms with Gasteiger partial charge in [-0.2, -0.15) is 0 Å². The lowest BCUT2D eigenvalue weighted by Gasteiger charge is -2.10. The number of hydrogen-bond donors (Lipinski definition) is 1. The average Bonchev–Trinajstić information content (AvgIpc) is 3.30. The molecule has 4 rings (SSSR count). The Morgan fingerprint density at radius 3 is 2.71 bits per heavy atom. The number of carbonyl (C=O) groups excluding carboxylic acids is 1. The molecule has 0 saturated heterocycles. The lowest BCUT2D eigenvalue weighted by Crippen LogP contribution is -2.23. The van der Waals surface area contributed by atoms with Gasteiger partial charge in [0, 0.05) is 46.4 Å². The van der Waals surface area contributed by atoms with Crippen molar-refractivity contribution in [2.75, 3.05) is 14.1 Å². The number of aromatic nitrogens is 4. The largest absolute Gasteiger partial charge is 0.350 e. The van der Waals surface area contributed by atoms with Crippen LogP contribution >= 0.6 is 0 Å². The topological polar surface area (TPSA) is 102 Å². The number of carbonyl (C=O) groups is 1. The van der Waals surface area contributed by atoms with Crippen molar-refractivity contribution in [2.24, 2.45) is 7.05 Å². The zero-order chi connectivity index (χ0) is 22.2. The Kier molecular flexibility index (Phi) is 5.50. The summed E-state index contributed by atoms with van der Waals surface area (Å²) in [5.74, 6) is 0.622. The van der Waals surface area contributed by atoms with Crippen molar-refractivity contribution in [3.05, 3.63) is 60.3 Å². The van der Waals surface area contributed by atoms with Gasteiger partial charge in [-0.25, -0.2) is 22.7 Å². The summed E-state index contributed by atoms with van der Waals surface area (Å²) in [6, 6.07) is 10.6. The van der Waals surface area contributed by atoms with E-state index in [1.165, 1.54) is 18.4 Å². The molecule has 10 heteroatoms. The first-order valence-electron chi connectivity index (χ1n) is 9.83. The van der Waals surface area contributed by atoms with Gasteiger partial charge in [0.2, 0.25) is 15.9 Å². The van der Waals surface area contributed by atoms with Crippen molar-refractivity contribution in [3.63, 3.8) is 0 Å². The van der Waals surface area contributed by atoms with Crippen molar-refractivity contribution < 1.29 is 13.2 Å². The van der Waals surface area contributed by atoms with E-state index in [2.05, 4.69) is 15.3 Å². The Bertz CT molecular complexity index is 1340. The van der Waals surface area contributed by atoms with Crippen LogP contribution in [-0.2, 0) is 34.8 Å². The summed E-state index contributed by atoms with van der Waals surface area (Å²) in [5.41, 5.74) is 3.03. The molecule has 0 bridgehead atoms. The number of aryl methyl sites for hydroxylation is 2. The predicted octanol–water partition coefficient (Wildman–Crippen LogP) is 1.72. The molecule has 0 spiro atoms. The van der Waals surface area contributed by atoms with Gasteiger partial charge < -0.3 is 14.3 Å². The zero-order valence-corrected chi connectivity index (χ0v) is 18.4. The molecule has 0 aliphatic rings. The number of pyridine rings is 1. The highest BCUT2D eigenvalue weighted by Gasteiger charge is 2.19. The maximum absolute atomic E-state index is 12.4.